The highest BCUT2D eigenvalue weighted by atomic mass is 16.5. The highest BCUT2D eigenvalue weighted by molar-refractivity contribution is 5.76. The number of methoxy groups -OCH3 is 1. The van der Waals surface area contributed by atoms with Gasteiger partial charge >= 0.3 is 6.03 Å². The van der Waals surface area contributed by atoms with Gasteiger partial charge in [0.1, 0.15) is 5.75 Å². The van der Waals surface area contributed by atoms with Gasteiger partial charge < -0.3 is 19.7 Å². The first kappa shape index (κ1) is 13.4. The molecule has 102 valence electrons. The van der Waals surface area contributed by atoms with Gasteiger partial charge in [-0.2, -0.15) is 0 Å². The van der Waals surface area contributed by atoms with Gasteiger partial charge in [0.05, 0.1) is 20.3 Å². The fourth-order valence-electron chi connectivity index (χ4n) is 1.78. The van der Waals surface area contributed by atoms with Gasteiger partial charge in [0, 0.05) is 19.3 Å². The molecule has 0 unspecified atom stereocenters. The number of nitrogens with zero attached hydrogens (tertiary/aromatic N) is 1. The third-order valence-corrected chi connectivity index (χ3v) is 2.90. The van der Waals surface area contributed by atoms with Crippen molar-refractivity contribution in [2.24, 2.45) is 0 Å². The van der Waals surface area contributed by atoms with Crippen molar-refractivity contribution in [3.05, 3.63) is 36.0 Å². The molecular formula is C14H18N2O3. The maximum Gasteiger partial charge on any atom is 0.321 e. The fourth-order valence-corrected chi connectivity index (χ4v) is 1.78. The number of nitrogens with one attached hydrogen (secondary N) is 1. The maximum atomic E-state index is 11.8. The van der Waals surface area contributed by atoms with E-state index in [0.29, 0.717) is 26.3 Å². The van der Waals surface area contributed by atoms with E-state index in [4.69, 9.17) is 9.47 Å². The summed E-state index contributed by atoms with van der Waals surface area (Å²) in [5.74, 6) is 0.814. The summed E-state index contributed by atoms with van der Waals surface area (Å²) in [6.45, 7) is 2.50. The number of morpholine rings is 1. The van der Waals surface area contributed by atoms with E-state index >= 15 is 0 Å². The first-order valence-corrected chi connectivity index (χ1v) is 6.23. The van der Waals surface area contributed by atoms with E-state index in [-0.39, 0.29) is 6.03 Å². The van der Waals surface area contributed by atoms with Crippen LogP contribution in [0.3, 0.4) is 0 Å². The van der Waals surface area contributed by atoms with Gasteiger partial charge in [-0.05, 0) is 23.8 Å². The molecule has 1 N–H and O–H groups in total. The summed E-state index contributed by atoms with van der Waals surface area (Å²) in [6, 6.07) is 7.52. The minimum absolute atomic E-state index is 0.0898. The van der Waals surface area contributed by atoms with E-state index in [1.807, 2.05) is 30.3 Å². The number of carbonyl (C=O) groups excluding carboxylic acids is 1. The summed E-state index contributed by atoms with van der Waals surface area (Å²) in [7, 11) is 1.63. The number of benzene rings is 1. The number of rotatable bonds is 3. The smallest absolute Gasteiger partial charge is 0.321 e. The van der Waals surface area contributed by atoms with Crippen molar-refractivity contribution in [1.29, 1.82) is 0 Å². The van der Waals surface area contributed by atoms with Crippen LogP contribution in [-0.4, -0.2) is 44.3 Å². The van der Waals surface area contributed by atoms with Crippen LogP contribution in [0.2, 0.25) is 0 Å². The quantitative estimate of drug-likeness (QED) is 0.902. The van der Waals surface area contributed by atoms with Crippen LogP contribution in [0.15, 0.2) is 30.5 Å². The highest BCUT2D eigenvalue weighted by Gasteiger charge is 2.14. The largest absolute Gasteiger partial charge is 0.497 e. The molecule has 0 saturated carbocycles. The minimum Gasteiger partial charge on any atom is -0.497 e. The predicted molar refractivity (Wildman–Crippen MR) is 73.0 cm³/mol. The van der Waals surface area contributed by atoms with Gasteiger partial charge in [0.25, 0.3) is 0 Å². The van der Waals surface area contributed by atoms with Gasteiger partial charge in [-0.15, -0.1) is 0 Å². The zero-order valence-corrected chi connectivity index (χ0v) is 11.0. The first-order valence-electron chi connectivity index (χ1n) is 6.23. The number of hydrogen-bond acceptors (Lipinski definition) is 3. The lowest BCUT2D eigenvalue weighted by molar-refractivity contribution is 0.0540. The van der Waals surface area contributed by atoms with Crippen LogP contribution in [-0.2, 0) is 4.74 Å². The molecule has 0 atom stereocenters. The van der Waals surface area contributed by atoms with E-state index in [1.165, 1.54) is 0 Å². The van der Waals surface area contributed by atoms with E-state index in [9.17, 15) is 4.79 Å². The van der Waals surface area contributed by atoms with Crippen LogP contribution in [0.5, 0.6) is 5.75 Å². The van der Waals surface area contributed by atoms with Gasteiger partial charge in [-0.1, -0.05) is 12.1 Å². The second-order valence-corrected chi connectivity index (χ2v) is 4.16. The van der Waals surface area contributed by atoms with Crippen molar-refractivity contribution in [3.8, 4) is 5.75 Å². The second-order valence-electron chi connectivity index (χ2n) is 4.16. The third-order valence-electron chi connectivity index (χ3n) is 2.90. The van der Waals surface area contributed by atoms with Crippen molar-refractivity contribution in [3.63, 3.8) is 0 Å². The third kappa shape index (κ3) is 3.99. The molecule has 1 aliphatic rings. The Kier molecular flexibility index (Phi) is 4.80. The second kappa shape index (κ2) is 6.80. The van der Waals surface area contributed by atoms with Crippen LogP contribution in [0.1, 0.15) is 5.56 Å². The summed E-state index contributed by atoms with van der Waals surface area (Å²) in [4.78, 5) is 13.5. The van der Waals surface area contributed by atoms with Crippen molar-refractivity contribution < 1.29 is 14.3 Å². The lowest BCUT2D eigenvalue weighted by Gasteiger charge is -2.26. The molecule has 5 heteroatoms. The Bertz CT molecular complexity index is 437. The minimum atomic E-state index is -0.0898. The summed E-state index contributed by atoms with van der Waals surface area (Å²) >= 11 is 0. The number of urea groups is 1. The molecule has 0 bridgehead atoms. The van der Waals surface area contributed by atoms with Crippen LogP contribution >= 0.6 is 0 Å². The Morgan fingerprint density at radius 1 is 1.32 bits per heavy atom. The van der Waals surface area contributed by atoms with Crippen LogP contribution in [0.25, 0.3) is 6.08 Å². The summed E-state index contributed by atoms with van der Waals surface area (Å²) < 4.78 is 10.3. The van der Waals surface area contributed by atoms with Crippen molar-refractivity contribution >= 4 is 12.1 Å². The molecule has 0 aliphatic carbocycles. The van der Waals surface area contributed by atoms with Crippen LogP contribution < -0.4 is 10.1 Å². The monoisotopic (exact) mass is 262 g/mol. The van der Waals surface area contributed by atoms with Gasteiger partial charge in [0.15, 0.2) is 0 Å². The van der Waals surface area contributed by atoms with Crippen LogP contribution in [0.4, 0.5) is 4.79 Å². The molecule has 1 aromatic carbocycles. The molecular weight excluding hydrogens is 244 g/mol. The number of carbonyl (C=O) groups is 1. The fraction of sp³-hybridized carbons (Fsp3) is 0.357. The zero-order valence-electron chi connectivity index (χ0n) is 11.0. The molecule has 0 aromatic heterocycles. The van der Waals surface area contributed by atoms with Crippen molar-refractivity contribution in [1.82, 2.24) is 10.2 Å². The average Bonchev–Trinajstić information content (AvgIpc) is 2.49. The Labute approximate surface area is 112 Å². The highest BCUT2D eigenvalue weighted by Crippen LogP contribution is 2.11. The lowest BCUT2D eigenvalue weighted by atomic mass is 10.2. The Balaban J connectivity index is 1.83. The van der Waals surface area contributed by atoms with Crippen LogP contribution in [0, 0.1) is 0 Å². The van der Waals surface area contributed by atoms with Gasteiger partial charge in [0.2, 0.25) is 0 Å². The standard InChI is InChI=1S/C14H18N2O3/c1-18-13-4-2-12(3-5-13)6-7-15-14(17)16-8-10-19-11-9-16/h2-7H,8-11H2,1H3,(H,15,17)/b7-6+. The lowest BCUT2D eigenvalue weighted by Crippen LogP contribution is -2.44. The molecule has 1 heterocycles. The van der Waals surface area contributed by atoms with Gasteiger partial charge in [-0.3, -0.25) is 0 Å². The molecule has 1 aliphatic heterocycles. The van der Waals surface area contributed by atoms with Crippen molar-refractivity contribution in [2.75, 3.05) is 33.4 Å². The summed E-state index contributed by atoms with van der Waals surface area (Å²) in [6.07, 6.45) is 3.50. The SMILES string of the molecule is COc1ccc(/C=C/NC(=O)N2CCOCC2)cc1. The summed E-state index contributed by atoms with van der Waals surface area (Å²) in [5, 5.41) is 2.75. The van der Waals surface area contributed by atoms with E-state index < -0.39 is 0 Å². The molecule has 5 nitrogen and oxygen atoms in total. The zero-order chi connectivity index (χ0) is 13.5. The molecule has 0 radical (unpaired) electrons. The van der Waals surface area contributed by atoms with Gasteiger partial charge in [-0.25, -0.2) is 4.79 Å². The van der Waals surface area contributed by atoms with E-state index in [2.05, 4.69) is 5.32 Å². The summed E-state index contributed by atoms with van der Waals surface area (Å²) in [5.41, 5.74) is 1.00. The Hall–Kier alpha value is -2.01. The average molecular weight is 262 g/mol. The topological polar surface area (TPSA) is 50.8 Å². The Morgan fingerprint density at radius 3 is 2.63 bits per heavy atom. The number of ether oxygens (including phenoxy) is 2. The molecule has 0 spiro atoms. The molecule has 19 heavy (non-hydrogen) atoms. The van der Waals surface area contributed by atoms with Crippen molar-refractivity contribution in [2.45, 2.75) is 0 Å². The molecule has 1 aromatic rings. The van der Waals surface area contributed by atoms with E-state index in [1.54, 1.807) is 18.2 Å². The Morgan fingerprint density at radius 2 is 2.00 bits per heavy atom. The molecule has 2 rings (SSSR count). The number of hydrogen-bond donors (Lipinski definition) is 1. The maximum absolute atomic E-state index is 11.8. The predicted octanol–water partition coefficient (Wildman–Crippen LogP) is 1.71. The first-order chi connectivity index (χ1) is 9.29. The molecule has 1 fully saturated rings. The normalized spacial score (nSPS) is 15.5. The molecule has 1 saturated heterocycles. The molecule has 2 amide bonds. The number of amides is 2. The van der Waals surface area contributed by atoms with E-state index in [0.717, 1.165) is 11.3 Å².